The van der Waals surface area contributed by atoms with Crippen LogP contribution in [-0.2, 0) is 4.79 Å². The molecule has 3 aromatic rings. The summed E-state index contributed by atoms with van der Waals surface area (Å²) in [6.07, 6.45) is 3.00. The lowest BCUT2D eigenvalue weighted by Gasteiger charge is -2.18. The largest absolute Gasteiger partial charge is 0.493 e. The number of hydrogen-bond donors (Lipinski definition) is 1. The average Bonchev–Trinajstić information content (AvgIpc) is 3.38. The number of aromatic nitrogens is 2. The first-order chi connectivity index (χ1) is 13.5. The summed E-state index contributed by atoms with van der Waals surface area (Å²) < 4.78 is 10.9. The predicted octanol–water partition coefficient (Wildman–Crippen LogP) is 4.89. The predicted molar refractivity (Wildman–Crippen MR) is 105 cm³/mol. The molecule has 1 aromatic heterocycles. The Hall–Kier alpha value is -2.89. The Labute approximate surface area is 163 Å². The molecule has 0 spiro atoms. The molecule has 28 heavy (non-hydrogen) atoms. The number of rotatable bonds is 8. The van der Waals surface area contributed by atoms with Gasteiger partial charge < -0.3 is 9.84 Å². The molecule has 146 valence electrons. The van der Waals surface area contributed by atoms with E-state index in [0.29, 0.717) is 30.0 Å². The van der Waals surface area contributed by atoms with Gasteiger partial charge in [-0.05, 0) is 76.8 Å². The minimum Gasteiger partial charge on any atom is -0.493 e. The first-order valence-corrected chi connectivity index (χ1v) is 9.73. The number of carboxylic acids is 1. The minimum atomic E-state index is -0.803. The van der Waals surface area contributed by atoms with Gasteiger partial charge in [-0.25, -0.2) is 4.63 Å². The Balaban J connectivity index is 1.75. The number of ether oxygens (including phenoxy) is 1. The topological polar surface area (TPSA) is 85.5 Å². The number of fused-ring (bicyclic) bond motifs is 1. The van der Waals surface area contributed by atoms with E-state index in [1.54, 1.807) is 0 Å². The van der Waals surface area contributed by atoms with E-state index >= 15 is 0 Å². The molecule has 1 atom stereocenters. The lowest BCUT2D eigenvalue weighted by Crippen LogP contribution is -2.14. The summed E-state index contributed by atoms with van der Waals surface area (Å²) in [4.78, 5) is 11.9. The molecule has 0 aliphatic heterocycles. The zero-order valence-corrected chi connectivity index (χ0v) is 16.1. The van der Waals surface area contributed by atoms with Crippen LogP contribution in [-0.4, -0.2) is 28.0 Å². The first kappa shape index (κ1) is 18.5. The van der Waals surface area contributed by atoms with Gasteiger partial charge in [0.2, 0.25) is 0 Å². The summed E-state index contributed by atoms with van der Waals surface area (Å²) in [5.41, 5.74) is 3.91. The van der Waals surface area contributed by atoms with Gasteiger partial charge in [-0.1, -0.05) is 26.0 Å². The van der Waals surface area contributed by atoms with Crippen molar-refractivity contribution in [3.8, 4) is 16.9 Å². The van der Waals surface area contributed by atoms with Crippen molar-refractivity contribution in [1.29, 1.82) is 0 Å². The highest BCUT2D eigenvalue weighted by Crippen LogP contribution is 2.37. The van der Waals surface area contributed by atoms with Gasteiger partial charge in [-0.15, -0.1) is 0 Å². The van der Waals surface area contributed by atoms with E-state index in [-0.39, 0.29) is 5.92 Å². The van der Waals surface area contributed by atoms with E-state index in [1.165, 1.54) is 12.8 Å². The van der Waals surface area contributed by atoms with Gasteiger partial charge in [0.25, 0.3) is 0 Å². The van der Waals surface area contributed by atoms with Crippen LogP contribution in [0.4, 0.5) is 0 Å². The third kappa shape index (κ3) is 4.01. The standard InChI is InChI=1S/C22H24N2O4/c1-13(2)9-18(22(25)26)15-6-8-21(27-12-14-3-4-14)17(10-15)16-5-7-19-20(11-16)24-28-23-19/h5-8,10-11,13-14,18H,3-4,9,12H2,1-2H3,(H,25,26). The van der Waals surface area contributed by atoms with Crippen LogP contribution in [0.1, 0.15) is 44.6 Å². The van der Waals surface area contributed by atoms with Gasteiger partial charge in [-0.2, -0.15) is 0 Å². The van der Waals surface area contributed by atoms with E-state index < -0.39 is 11.9 Å². The van der Waals surface area contributed by atoms with Crippen LogP contribution < -0.4 is 4.74 Å². The van der Waals surface area contributed by atoms with Crippen LogP contribution in [0, 0.1) is 11.8 Å². The molecule has 2 aromatic carbocycles. The van der Waals surface area contributed by atoms with Crippen molar-refractivity contribution >= 4 is 17.0 Å². The molecule has 1 aliphatic carbocycles. The molecule has 1 unspecified atom stereocenters. The summed E-state index contributed by atoms with van der Waals surface area (Å²) in [5, 5.41) is 17.5. The van der Waals surface area contributed by atoms with E-state index in [4.69, 9.17) is 9.37 Å². The SMILES string of the molecule is CC(C)CC(C(=O)O)c1ccc(OCC2CC2)c(-c2ccc3nonc3c2)c1. The maximum Gasteiger partial charge on any atom is 0.310 e. The van der Waals surface area contributed by atoms with Gasteiger partial charge in [0, 0.05) is 5.56 Å². The van der Waals surface area contributed by atoms with E-state index in [2.05, 4.69) is 10.3 Å². The van der Waals surface area contributed by atoms with Crippen molar-refractivity contribution in [2.45, 2.75) is 39.0 Å². The summed E-state index contributed by atoms with van der Waals surface area (Å²) in [7, 11) is 0. The molecule has 0 saturated heterocycles. The van der Waals surface area contributed by atoms with Crippen molar-refractivity contribution in [2.75, 3.05) is 6.61 Å². The molecular weight excluding hydrogens is 356 g/mol. The highest BCUT2D eigenvalue weighted by atomic mass is 16.6. The molecule has 1 N–H and O–H groups in total. The van der Waals surface area contributed by atoms with Crippen LogP contribution >= 0.6 is 0 Å². The molecule has 0 bridgehead atoms. The fourth-order valence-corrected chi connectivity index (χ4v) is 3.41. The summed E-state index contributed by atoms with van der Waals surface area (Å²) in [6, 6.07) is 11.4. The molecule has 1 saturated carbocycles. The van der Waals surface area contributed by atoms with Gasteiger partial charge in [0.05, 0.1) is 12.5 Å². The quantitative estimate of drug-likeness (QED) is 0.599. The second kappa shape index (κ2) is 7.62. The Morgan fingerprint density at radius 3 is 2.68 bits per heavy atom. The average molecular weight is 380 g/mol. The van der Waals surface area contributed by atoms with Crippen molar-refractivity contribution in [2.24, 2.45) is 11.8 Å². The molecule has 4 rings (SSSR count). The lowest BCUT2D eigenvalue weighted by molar-refractivity contribution is -0.139. The number of aliphatic carboxylic acids is 1. The molecule has 1 aliphatic rings. The zero-order valence-electron chi connectivity index (χ0n) is 16.1. The third-order valence-corrected chi connectivity index (χ3v) is 5.15. The monoisotopic (exact) mass is 380 g/mol. The summed E-state index contributed by atoms with van der Waals surface area (Å²) in [5.74, 6) is 0.326. The molecule has 6 nitrogen and oxygen atoms in total. The van der Waals surface area contributed by atoms with Crippen molar-refractivity contribution < 1.29 is 19.3 Å². The molecule has 6 heteroatoms. The lowest BCUT2D eigenvalue weighted by atomic mass is 9.88. The summed E-state index contributed by atoms with van der Waals surface area (Å²) >= 11 is 0. The number of carboxylic acid groups (broad SMARTS) is 1. The summed E-state index contributed by atoms with van der Waals surface area (Å²) in [6.45, 7) is 4.76. The van der Waals surface area contributed by atoms with Gasteiger partial charge in [0.15, 0.2) is 0 Å². The smallest absolute Gasteiger partial charge is 0.310 e. The van der Waals surface area contributed by atoms with Crippen molar-refractivity contribution in [3.05, 3.63) is 42.0 Å². The molecule has 0 amide bonds. The van der Waals surface area contributed by atoms with Crippen LogP contribution in [0.15, 0.2) is 41.0 Å². The minimum absolute atomic E-state index is 0.285. The molecule has 1 fully saturated rings. The van der Waals surface area contributed by atoms with Crippen LogP contribution in [0.5, 0.6) is 5.75 Å². The van der Waals surface area contributed by atoms with E-state index in [9.17, 15) is 9.90 Å². The van der Waals surface area contributed by atoms with Crippen LogP contribution in [0.2, 0.25) is 0 Å². The number of hydrogen-bond acceptors (Lipinski definition) is 5. The van der Waals surface area contributed by atoms with Gasteiger partial charge in [0.1, 0.15) is 16.8 Å². The maximum absolute atomic E-state index is 11.9. The zero-order chi connectivity index (χ0) is 19.7. The number of nitrogens with zero attached hydrogens (tertiary/aromatic N) is 2. The van der Waals surface area contributed by atoms with E-state index in [1.807, 2.05) is 50.2 Å². The van der Waals surface area contributed by atoms with Crippen LogP contribution in [0.3, 0.4) is 0 Å². The second-order valence-corrected chi connectivity index (χ2v) is 8.00. The van der Waals surface area contributed by atoms with Crippen LogP contribution in [0.25, 0.3) is 22.2 Å². The second-order valence-electron chi connectivity index (χ2n) is 8.00. The Morgan fingerprint density at radius 2 is 1.96 bits per heavy atom. The molecule has 0 radical (unpaired) electrons. The third-order valence-electron chi connectivity index (χ3n) is 5.15. The normalized spacial score (nSPS) is 15.1. The maximum atomic E-state index is 11.9. The first-order valence-electron chi connectivity index (χ1n) is 9.73. The fraction of sp³-hybridized carbons (Fsp3) is 0.409. The van der Waals surface area contributed by atoms with Crippen molar-refractivity contribution in [1.82, 2.24) is 10.3 Å². The Bertz CT molecular complexity index is 991. The highest BCUT2D eigenvalue weighted by molar-refractivity contribution is 5.84. The fourth-order valence-electron chi connectivity index (χ4n) is 3.41. The Morgan fingerprint density at radius 1 is 1.18 bits per heavy atom. The van der Waals surface area contributed by atoms with Gasteiger partial charge >= 0.3 is 5.97 Å². The Kier molecular flexibility index (Phi) is 5.03. The number of benzene rings is 2. The van der Waals surface area contributed by atoms with Gasteiger partial charge in [-0.3, -0.25) is 4.79 Å². The highest BCUT2D eigenvalue weighted by Gasteiger charge is 2.25. The molecular formula is C22H24N2O4. The number of carbonyl (C=O) groups is 1. The van der Waals surface area contributed by atoms with E-state index in [0.717, 1.165) is 22.4 Å². The van der Waals surface area contributed by atoms with Crippen molar-refractivity contribution in [3.63, 3.8) is 0 Å². The molecule has 1 heterocycles.